The monoisotopic (exact) mass is 450 g/mol. The molecule has 1 atom stereocenters. The molecule has 1 unspecified atom stereocenters. The van der Waals surface area contributed by atoms with Gasteiger partial charge in [-0.2, -0.15) is 0 Å². The lowest BCUT2D eigenvalue weighted by Crippen LogP contribution is -2.27. The van der Waals surface area contributed by atoms with Gasteiger partial charge in [-0.25, -0.2) is 0 Å². The van der Waals surface area contributed by atoms with Crippen molar-refractivity contribution < 1.29 is 14.2 Å². The third-order valence-electron chi connectivity index (χ3n) is 7.41. The molecule has 1 saturated carbocycles. The maximum absolute atomic E-state index is 6.25. The summed E-state index contributed by atoms with van der Waals surface area (Å²) < 4.78 is 18.2. The van der Waals surface area contributed by atoms with E-state index in [0.717, 1.165) is 24.3 Å². The van der Waals surface area contributed by atoms with E-state index in [9.17, 15) is 0 Å². The van der Waals surface area contributed by atoms with Gasteiger partial charge in [-0.1, -0.05) is 76.8 Å². The molecule has 1 aliphatic heterocycles. The molecule has 0 spiro atoms. The average Bonchev–Trinajstić information content (AvgIpc) is 2.88. The number of hydrogen-bond acceptors (Lipinski definition) is 3. The van der Waals surface area contributed by atoms with E-state index in [1.165, 1.54) is 56.1 Å². The minimum Gasteiger partial charge on any atom is -0.494 e. The van der Waals surface area contributed by atoms with Crippen LogP contribution >= 0.6 is 0 Å². The molecule has 1 heterocycles. The van der Waals surface area contributed by atoms with Gasteiger partial charge in [-0.05, 0) is 66.3 Å². The van der Waals surface area contributed by atoms with Gasteiger partial charge in [0.15, 0.2) is 6.29 Å². The Kier molecular flexibility index (Phi) is 8.86. The van der Waals surface area contributed by atoms with Crippen LogP contribution in [0.3, 0.4) is 0 Å². The molecule has 0 radical (unpaired) electrons. The van der Waals surface area contributed by atoms with Crippen molar-refractivity contribution in [1.29, 1.82) is 0 Å². The minimum atomic E-state index is -0.288. The largest absolute Gasteiger partial charge is 0.494 e. The zero-order valence-corrected chi connectivity index (χ0v) is 20.9. The Morgan fingerprint density at radius 2 is 1.58 bits per heavy atom. The quantitative estimate of drug-likeness (QED) is 0.385. The normalized spacial score (nSPS) is 22.8. The van der Waals surface area contributed by atoms with Gasteiger partial charge in [0.25, 0.3) is 0 Å². The molecule has 4 rings (SSSR count). The second-order valence-corrected chi connectivity index (χ2v) is 10.0. The first-order valence-electron chi connectivity index (χ1n) is 13.3. The molecule has 3 nitrogen and oxygen atoms in total. The van der Waals surface area contributed by atoms with Gasteiger partial charge < -0.3 is 14.2 Å². The van der Waals surface area contributed by atoms with Crippen molar-refractivity contribution in [2.24, 2.45) is 0 Å². The lowest BCUT2D eigenvalue weighted by atomic mass is 9.78. The minimum absolute atomic E-state index is 0.288. The van der Waals surface area contributed by atoms with E-state index in [1.54, 1.807) is 5.56 Å². The molecule has 0 bridgehead atoms. The number of hydrogen-bond donors (Lipinski definition) is 0. The Balaban J connectivity index is 1.46. The molecule has 180 valence electrons. The fourth-order valence-corrected chi connectivity index (χ4v) is 5.45. The van der Waals surface area contributed by atoms with Crippen LogP contribution in [0.25, 0.3) is 0 Å². The van der Waals surface area contributed by atoms with E-state index in [1.807, 2.05) is 12.1 Å². The van der Waals surface area contributed by atoms with Crippen LogP contribution in [0.15, 0.2) is 42.5 Å². The Morgan fingerprint density at radius 3 is 2.24 bits per heavy atom. The van der Waals surface area contributed by atoms with Crippen LogP contribution in [0.4, 0.5) is 0 Å². The lowest BCUT2D eigenvalue weighted by molar-refractivity contribution is -0.191. The van der Waals surface area contributed by atoms with E-state index in [0.29, 0.717) is 31.0 Å². The molecule has 2 aromatic carbocycles. The van der Waals surface area contributed by atoms with Gasteiger partial charge in [0, 0.05) is 11.5 Å². The molecule has 2 fully saturated rings. The smallest absolute Gasteiger partial charge is 0.183 e. The van der Waals surface area contributed by atoms with Crippen molar-refractivity contribution >= 4 is 0 Å². The Bertz CT molecular complexity index is 845. The highest BCUT2D eigenvalue weighted by Crippen LogP contribution is 2.40. The fourth-order valence-electron chi connectivity index (χ4n) is 5.45. The number of ether oxygens (including phenoxy) is 3. The van der Waals surface area contributed by atoms with Crippen molar-refractivity contribution in [3.8, 4) is 5.75 Å². The van der Waals surface area contributed by atoms with Gasteiger partial charge in [0.1, 0.15) is 5.75 Å². The zero-order valence-electron chi connectivity index (χ0n) is 20.9. The topological polar surface area (TPSA) is 27.7 Å². The summed E-state index contributed by atoms with van der Waals surface area (Å²) in [5.74, 6) is 2.53. The van der Waals surface area contributed by atoms with Gasteiger partial charge in [-0.3, -0.25) is 0 Å². The fraction of sp³-hybridized carbons (Fsp3) is 0.600. The summed E-state index contributed by atoms with van der Waals surface area (Å²) in [4.78, 5) is 0. The van der Waals surface area contributed by atoms with Gasteiger partial charge in [0.2, 0.25) is 0 Å². The molecule has 33 heavy (non-hydrogen) atoms. The Labute approximate surface area is 200 Å². The van der Waals surface area contributed by atoms with Crippen LogP contribution in [0, 0.1) is 0 Å². The first kappa shape index (κ1) is 24.3. The first-order chi connectivity index (χ1) is 16.2. The van der Waals surface area contributed by atoms with Crippen LogP contribution in [0.5, 0.6) is 5.75 Å². The Morgan fingerprint density at radius 1 is 0.848 bits per heavy atom. The highest BCUT2D eigenvalue weighted by Gasteiger charge is 2.29. The molecule has 0 N–H and O–H groups in total. The summed E-state index contributed by atoms with van der Waals surface area (Å²) in [6, 6.07) is 15.4. The summed E-state index contributed by atoms with van der Waals surface area (Å²) in [6.45, 7) is 8.94. The second-order valence-electron chi connectivity index (χ2n) is 10.0. The highest BCUT2D eigenvalue weighted by molar-refractivity contribution is 5.39. The lowest BCUT2D eigenvalue weighted by Gasteiger charge is -2.33. The summed E-state index contributed by atoms with van der Waals surface area (Å²) >= 11 is 0. The highest BCUT2D eigenvalue weighted by atomic mass is 16.7. The standard InChI is InChI=1S/C30H42O3/c1-4-9-22(3)25-14-17-28(29(19-25)23-10-7-6-8-11-23)26-20-32-30(33-21-26)24-12-15-27(16-13-24)31-18-5-2/h12-17,19,22-23,26,30H,4-11,18,20-21H2,1-3H3/t22?,26-,30-. The predicted molar refractivity (Wildman–Crippen MR) is 135 cm³/mol. The van der Waals surface area contributed by atoms with E-state index < -0.39 is 0 Å². The molecule has 2 aliphatic rings. The molecule has 1 saturated heterocycles. The maximum atomic E-state index is 6.25. The summed E-state index contributed by atoms with van der Waals surface area (Å²) in [5, 5.41) is 0. The third-order valence-corrected chi connectivity index (χ3v) is 7.41. The van der Waals surface area contributed by atoms with Gasteiger partial charge in [0.05, 0.1) is 19.8 Å². The van der Waals surface area contributed by atoms with Crippen molar-refractivity contribution in [3.63, 3.8) is 0 Å². The van der Waals surface area contributed by atoms with E-state index in [-0.39, 0.29) is 6.29 Å². The molecule has 1 aliphatic carbocycles. The van der Waals surface area contributed by atoms with Gasteiger partial charge >= 0.3 is 0 Å². The van der Waals surface area contributed by atoms with Crippen LogP contribution in [0.1, 0.15) is 118 Å². The summed E-state index contributed by atoms with van der Waals surface area (Å²) in [6.07, 6.45) is 9.96. The van der Waals surface area contributed by atoms with Crippen LogP contribution in [-0.2, 0) is 9.47 Å². The van der Waals surface area contributed by atoms with E-state index in [2.05, 4.69) is 51.1 Å². The predicted octanol–water partition coefficient (Wildman–Crippen LogP) is 8.26. The Hall–Kier alpha value is -1.84. The first-order valence-corrected chi connectivity index (χ1v) is 13.3. The van der Waals surface area contributed by atoms with Crippen molar-refractivity contribution in [1.82, 2.24) is 0 Å². The average molecular weight is 451 g/mol. The molecule has 0 aromatic heterocycles. The molecule has 2 aromatic rings. The SMILES string of the molecule is CCCOc1ccc([C@H]2OC[C@H](c3ccc(C(C)CCC)cc3C3CCCCC3)CO2)cc1. The van der Waals surface area contributed by atoms with Crippen molar-refractivity contribution in [2.45, 2.75) is 96.2 Å². The van der Waals surface area contributed by atoms with E-state index in [4.69, 9.17) is 14.2 Å². The van der Waals surface area contributed by atoms with Crippen LogP contribution < -0.4 is 4.74 Å². The third kappa shape index (κ3) is 6.19. The zero-order chi connectivity index (χ0) is 23.0. The van der Waals surface area contributed by atoms with Crippen LogP contribution in [0.2, 0.25) is 0 Å². The molecular weight excluding hydrogens is 408 g/mol. The number of benzene rings is 2. The molecule has 0 amide bonds. The molecular formula is C30H42O3. The van der Waals surface area contributed by atoms with Crippen LogP contribution in [-0.4, -0.2) is 19.8 Å². The van der Waals surface area contributed by atoms with Gasteiger partial charge in [-0.15, -0.1) is 0 Å². The molecule has 3 heteroatoms. The summed E-state index contributed by atoms with van der Waals surface area (Å²) in [7, 11) is 0. The van der Waals surface area contributed by atoms with E-state index >= 15 is 0 Å². The number of rotatable bonds is 9. The summed E-state index contributed by atoms with van der Waals surface area (Å²) in [5.41, 5.74) is 5.59. The maximum Gasteiger partial charge on any atom is 0.183 e. The van der Waals surface area contributed by atoms with Crippen molar-refractivity contribution in [3.05, 3.63) is 64.7 Å². The van der Waals surface area contributed by atoms with Crippen molar-refractivity contribution in [2.75, 3.05) is 19.8 Å². The second kappa shape index (κ2) is 12.0.